The molecule has 0 aliphatic rings. The van der Waals surface area contributed by atoms with Crippen molar-refractivity contribution in [3.8, 4) is 17.2 Å². The number of hydrogen-bond acceptors (Lipinski definition) is 7. The van der Waals surface area contributed by atoms with Crippen molar-refractivity contribution in [3.63, 3.8) is 0 Å². The quantitative estimate of drug-likeness (QED) is 0.339. The minimum absolute atomic E-state index is 0.238. The predicted molar refractivity (Wildman–Crippen MR) is 119 cm³/mol. The van der Waals surface area contributed by atoms with Gasteiger partial charge < -0.3 is 5.32 Å². The van der Waals surface area contributed by atoms with Crippen molar-refractivity contribution in [2.75, 3.05) is 5.32 Å². The topological polar surface area (TPSA) is 96.5 Å². The molecule has 4 rings (SSSR count). The fraction of sp³-hybridized carbons (Fsp3) is 0.190. The van der Waals surface area contributed by atoms with Gasteiger partial charge in [-0.3, -0.25) is 9.48 Å². The largest absolute Gasteiger partial charge is 0.309 e. The SMILES string of the molecule is CCC(Sc1ncnc2scc(-c3ccc(F)cc3)c12)C(=O)Nc1c(C#N)cnn1C. The summed E-state index contributed by atoms with van der Waals surface area (Å²) >= 11 is 2.82. The van der Waals surface area contributed by atoms with Gasteiger partial charge in [-0.25, -0.2) is 14.4 Å². The maximum Gasteiger partial charge on any atom is 0.239 e. The first-order valence-corrected chi connectivity index (χ1v) is 11.2. The van der Waals surface area contributed by atoms with Crippen molar-refractivity contribution in [1.29, 1.82) is 5.26 Å². The first-order chi connectivity index (χ1) is 15.0. The van der Waals surface area contributed by atoms with Crippen molar-refractivity contribution in [3.05, 3.63) is 53.6 Å². The van der Waals surface area contributed by atoms with Gasteiger partial charge in [0.15, 0.2) is 0 Å². The molecule has 4 aromatic rings. The van der Waals surface area contributed by atoms with Crippen molar-refractivity contribution in [2.24, 2.45) is 7.05 Å². The van der Waals surface area contributed by atoms with Crippen LogP contribution in [0.1, 0.15) is 18.9 Å². The van der Waals surface area contributed by atoms with Crippen LogP contribution in [0, 0.1) is 17.1 Å². The first kappa shape index (κ1) is 21.0. The number of aromatic nitrogens is 4. The fourth-order valence-electron chi connectivity index (χ4n) is 3.10. The predicted octanol–water partition coefficient (Wildman–Crippen LogP) is 4.61. The molecule has 0 fully saturated rings. The Kier molecular flexibility index (Phi) is 5.97. The number of thiophene rings is 1. The second-order valence-electron chi connectivity index (χ2n) is 6.66. The van der Waals surface area contributed by atoms with Crippen LogP contribution in [0.15, 0.2) is 47.2 Å². The van der Waals surface area contributed by atoms with Crippen molar-refractivity contribution in [2.45, 2.75) is 23.6 Å². The molecule has 31 heavy (non-hydrogen) atoms. The van der Waals surface area contributed by atoms with Gasteiger partial charge in [-0.15, -0.1) is 11.3 Å². The van der Waals surface area contributed by atoms with Gasteiger partial charge in [0.25, 0.3) is 0 Å². The molecular weight excluding hydrogens is 435 g/mol. The number of fused-ring (bicyclic) bond motifs is 1. The van der Waals surface area contributed by atoms with Crippen molar-refractivity contribution < 1.29 is 9.18 Å². The highest BCUT2D eigenvalue weighted by Crippen LogP contribution is 2.39. The molecule has 1 aromatic carbocycles. The highest BCUT2D eigenvalue weighted by Gasteiger charge is 2.24. The Morgan fingerprint density at radius 3 is 2.84 bits per heavy atom. The molecule has 1 amide bonds. The second kappa shape index (κ2) is 8.83. The second-order valence-corrected chi connectivity index (χ2v) is 8.71. The van der Waals surface area contributed by atoms with E-state index in [9.17, 15) is 14.4 Å². The van der Waals surface area contributed by atoms with Crippen LogP contribution in [-0.2, 0) is 11.8 Å². The first-order valence-electron chi connectivity index (χ1n) is 9.39. The number of carbonyl (C=O) groups excluding carboxylic acids is 1. The van der Waals surface area contributed by atoms with Crippen molar-refractivity contribution >= 4 is 45.0 Å². The molecule has 0 aliphatic carbocycles. The number of benzene rings is 1. The van der Waals surface area contributed by atoms with Gasteiger partial charge in [0, 0.05) is 18.0 Å². The van der Waals surface area contributed by atoms with Gasteiger partial charge >= 0.3 is 0 Å². The molecule has 7 nitrogen and oxygen atoms in total. The summed E-state index contributed by atoms with van der Waals surface area (Å²) in [7, 11) is 1.67. The summed E-state index contributed by atoms with van der Waals surface area (Å²) in [5.41, 5.74) is 2.06. The Morgan fingerprint density at radius 1 is 1.35 bits per heavy atom. The zero-order chi connectivity index (χ0) is 22.0. The van der Waals surface area contributed by atoms with E-state index in [0.717, 1.165) is 21.3 Å². The third-order valence-electron chi connectivity index (χ3n) is 4.71. The smallest absolute Gasteiger partial charge is 0.239 e. The summed E-state index contributed by atoms with van der Waals surface area (Å²) < 4.78 is 14.8. The number of hydrogen-bond donors (Lipinski definition) is 1. The van der Waals surface area contributed by atoms with Crippen LogP contribution in [0.3, 0.4) is 0 Å². The van der Waals surface area contributed by atoms with E-state index < -0.39 is 5.25 Å². The average Bonchev–Trinajstić information content (AvgIpc) is 3.36. The summed E-state index contributed by atoms with van der Waals surface area (Å²) in [6.07, 6.45) is 3.45. The molecular formula is C21H17FN6OS2. The third kappa shape index (κ3) is 4.15. The molecule has 0 aliphatic heterocycles. The number of carbonyl (C=O) groups is 1. The molecule has 0 bridgehead atoms. The Morgan fingerprint density at radius 2 is 2.13 bits per heavy atom. The summed E-state index contributed by atoms with van der Waals surface area (Å²) in [5.74, 6) is -0.177. The van der Waals surface area contributed by atoms with E-state index in [1.807, 2.05) is 18.4 Å². The summed E-state index contributed by atoms with van der Waals surface area (Å²) in [6, 6.07) is 8.29. The number of nitrogens with one attached hydrogen (secondary N) is 1. The van der Waals surface area contributed by atoms with Gasteiger partial charge in [-0.2, -0.15) is 10.4 Å². The van der Waals surface area contributed by atoms with Crippen LogP contribution in [0.25, 0.3) is 21.3 Å². The van der Waals surface area contributed by atoms with Gasteiger partial charge in [0.2, 0.25) is 5.91 Å². The van der Waals surface area contributed by atoms with Gasteiger partial charge in [0.1, 0.15) is 39.5 Å². The van der Waals surface area contributed by atoms with Crippen LogP contribution < -0.4 is 5.32 Å². The van der Waals surface area contributed by atoms with Crippen LogP contribution in [0.4, 0.5) is 10.2 Å². The van der Waals surface area contributed by atoms with E-state index >= 15 is 0 Å². The Bertz CT molecular complexity index is 1290. The Labute approximate surface area is 185 Å². The zero-order valence-corrected chi connectivity index (χ0v) is 18.3. The molecule has 0 spiro atoms. The lowest BCUT2D eigenvalue weighted by molar-refractivity contribution is -0.115. The number of nitrogens with zero attached hydrogens (tertiary/aromatic N) is 5. The number of halogens is 1. The molecule has 3 heterocycles. The molecule has 156 valence electrons. The van der Waals surface area contributed by atoms with Gasteiger partial charge in [-0.1, -0.05) is 30.8 Å². The van der Waals surface area contributed by atoms with Crippen LogP contribution >= 0.6 is 23.1 Å². The van der Waals surface area contributed by atoms with Crippen LogP contribution in [0.5, 0.6) is 0 Å². The number of anilines is 1. The maximum atomic E-state index is 13.4. The van der Waals surface area contributed by atoms with Crippen molar-refractivity contribution in [1.82, 2.24) is 19.7 Å². The minimum Gasteiger partial charge on any atom is -0.309 e. The van der Waals surface area contributed by atoms with Crippen LogP contribution in [0.2, 0.25) is 0 Å². The number of rotatable bonds is 6. The maximum absolute atomic E-state index is 13.4. The normalized spacial score (nSPS) is 11.9. The minimum atomic E-state index is -0.444. The average molecular weight is 453 g/mol. The highest BCUT2D eigenvalue weighted by atomic mass is 32.2. The highest BCUT2D eigenvalue weighted by molar-refractivity contribution is 8.00. The van der Waals surface area contributed by atoms with E-state index in [0.29, 0.717) is 22.8 Å². The molecule has 0 saturated carbocycles. The molecule has 1 atom stereocenters. The number of thioether (sulfide) groups is 1. The summed E-state index contributed by atoms with van der Waals surface area (Å²) in [5, 5.41) is 19.1. The molecule has 1 unspecified atom stereocenters. The molecule has 3 aromatic heterocycles. The molecule has 0 radical (unpaired) electrons. The monoisotopic (exact) mass is 452 g/mol. The number of amides is 1. The van der Waals surface area contributed by atoms with E-state index in [1.165, 1.54) is 52.4 Å². The number of aryl methyl sites for hydroxylation is 1. The lowest BCUT2D eigenvalue weighted by atomic mass is 10.1. The number of nitriles is 1. The van der Waals surface area contributed by atoms with E-state index in [-0.39, 0.29) is 11.7 Å². The van der Waals surface area contributed by atoms with E-state index in [4.69, 9.17) is 0 Å². The summed E-state index contributed by atoms with van der Waals surface area (Å²) in [4.78, 5) is 22.6. The Balaban J connectivity index is 1.66. The third-order valence-corrected chi connectivity index (χ3v) is 6.96. The lowest BCUT2D eigenvalue weighted by Crippen LogP contribution is -2.26. The van der Waals surface area contributed by atoms with Gasteiger partial charge in [-0.05, 0) is 24.1 Å². The van der Waals surface area contributed by atoms with E-state index in [2.05, 4.69) is 20.4 Å². The van der Waals surface area contributed by atoms with E-state index in [1.54, 1.807) is 19.2 Å². The summed E-state index contributed by atoms with van der Waals surface area (Å²) in [6.45, 7) is 1.92. The molecule has 0 saturated heterocycles. The standard InChI is InChI=1S/C21H17FN6OS2/c1-3-16(19(29)27-18-13(8-23)9-26-28(18)2)31-21-17-15(10-30-20(17)24-11-25-21)12-4-6-14(22)7-5-12/h4-7,9-11,16H,3H2,1-2H3,(H,27,29). The lowest BCUT2D eigenvalue weighted by Gasteiger charge is -2.15. The molecule has 1 N–H and O–H groups in total. The zero-order valence-electron chi connectivity index (χ0n) is 16.7. The van der Waals surface area contributed by atoms with Gasteiger partial charge in [0.05, 0.1) is 16.8 Å². The molecule has 10 heteroatoms. The fourth-order valence-corrected chi connectivity index (χ4v) is 5.12. The Hall–Kier alpha value is -3.29. The van der Waals surface area contributed by atoms with Crippen LogP contribution in [-0.4, -0.2) is 30.9 Å².